The molecule has 0 unspecified atom stereocenters. The summed E-state index contributed by atoms with van der Waals surface area (Å²) in [5, 5.41) is 0.810. The average Bonchev–Trinajstić information content (AvgIpc) is 3.20. The highest BCUT2D eigenvalue weighted by molar-refractivity contribution is 6.38. The van der Waals surface area contributed by atoms with Crippen molar-refractivity contribution in [3.8, 4) is 5.75 Å². The molecule has 1 fully saturated rings. The van der Waals surface area contributed by atoms with Crippen LogP contribution in [0.25, 0.3) is 0 Å². The Bertz CT molecular complexity index is 806. The predicted octanol–water partition coefficient (Wildman–Crippen LogP) is 3.62. The molecule has 0 aromatic heterocycles. The van der Waals surface area contributed by atoms with Crippen LogP contribution < -0.4 is 9.64 Å². The van der Waals surface area contributed by atoms with Crippen LogP contribution in [-0.2, 0) is 20.1 Å². The molecule has 7 heteroatoms. The molecule has 0 saturated carbocycles. The molecule has 0 atom stereocenters. The monoisotopic (exact) mass is 379 g/mol. The second-order valence-electron chi connectivity index (χ2n) is 5.68. The molecule has 0 aliphatic carbocycles. The maximum absolute atomic E-state index is 13.0. The molecule has 2 aromatic rings. The first-order valence-electron chi connectivity index (χ1n) is 7.90. The van der Waals surface area contributed by atoms with Gasteiger partial charge in [0.1, 0.15) is 12.4 Å². The molecular weight excluding hydrogens is 365 g/mol. The maximum Gasteiger partial charge on any atom is 0.292 e. The van der Waals surface area contributed by atoms with Crippen LogP contribution in [0.4, 0.5) is 5.69 Å². The lowest BCUT2D eigenvalue weighted by molar-refractivity contribution is -0.180. The van der Waals surface area contributed by atoms with Crippen molar-refractivity contribution >= 4 is 34.8 Å². The largest absolute Gasteiger partial charge is 0.492 e. The van der Waals surface area contributed by atoms with Crippen molar-refractivity contribution in [2.24, 2.45) is 0 Å². The van der Waals surface area contributed by atoms with E-state index in [1.165, 1.54) is 4.90 Å². The summed E-state index contributed by atoms with van der Waals surface area (Å²) in [6, 6.07) is 12.7. The Morgan fingerprint density at radius 2 is 1.72 bits per heavy atom. The van der Waals surface area contributed by atoms with Crippen molar-refractivity contribution in [1.82, 2.24) is 0 Å². The number of halogens is 2. The first-order chi connectivity index (χ1) is 12.1. The van der Waals surface area contributed by atoms with Crippen LogP contribution in [0.15, 0.2) is 42.5 Å². The van der Waals surface area contributed by atoms with Gasteiger partial charge in [0.2, 0.25) is 0 Å². The number of rotatable bonds is 4. The molecule has 1 spiro atoms. The molecule has 130 valence electrons. The van der Waals surface area contributed by atoms with Gasteiger partial charge in [-0.3, -0.25) is 4.79 Å². The molecule has 2 aromatic carbocycles. The summed E-state index contributed by atoms with van der Waals surface area (Å²) >= 11 is 12.7. The number of amides is 1. The van der Waals surface area contributed by atoms with E-state index >= 15 is 0 Å². The summed E-state index contributed by atoms with van der Waals surface area (Å²) in [6.07, 6.45) is 0. The maximum atomic E-state index is 13.0. The lowest BCUT2D eigenvalue weighted by Crippen LogP contribution is -2.42. The molecule has 5 nitrogen and oxygen atoms in total. The minimum atomic E-state index is -1.50. The normalized spacial score (nSPS) is 18.0. The topological polar surface area (TPSA) is 48.0 Å². The van der Waals surface area contributed by atoms with Crippen molar-refractivity contribution in [3.05, 3.63) is 58.1 Å². The molecule has 2 heterocycles. The number of fused-ring (bicyclic) bond motifs is 2. The Morgan fingerprint density at radius 1 is 1.04 bits per heavy atom. The molecule has 4 rings (SSSR count). The second-order valence-corrected chi connectivity index (χ2v) is 6.50. The Hall–Kier alpha value is -1.79. The van der Waals surface area contributed by atoms with Gasteiger partial charge < -0.3 is 19.1 Å². The zero-order chi connectivity index (χ0) is 17.4. The van der Waals surface area contributed by atoms with E-state index in [1.807, 2.05) is 30.3 Å². The molecule has 0 radical (unpaired) electrons. The number of hydrogen-bond acceptors (Lipinski definition) is 4. The fourth-order valence-corrected chi connectivity index (χ4v) is 3.71. The van der Waals surface area contributed by atoms with E-state index in [0.29, 0.717) is 47.7 Å². The van der Waals surface area contributed by atoms with Gasteiger partial charge in [0.15, 0.2) is 0 Å². The first kappa shape index (κ1) is 16.7. The molecule has 2 aliphatic heterocycles. The zero-order valence-corrected chi connectivity index (χ0v) is 14.7. The van der Waals surface area contributed by atoms with Gasteiger partial charge in [-0.25, -0.2) is 0 Å². The van der Waals surface area contributed by atoms with Crippen molar-refractivity contribution in [1.29, 1.82) is 0 Å². The Morgan fingerprint density at radius 3 is 2.44 bits per heavy atom. The van der Waals surface area contributed by atoms with Crippen molar-refractivity contribution in [3.63, 3.8) is 0 Å². The Balaban J connectivity index is 1.63. The van der Waals surface area contributed by atoms with Crippen molar-refractivity contribution in [2.75, 3.05) is 31.3 Å². The number of nitrogens with zero attached hydrogens (tertiary/aromatic N) is 1. The number of hydrogen-bond donors (Lipinski definition) is 0. The number of para-hydroxylation sites is 1. The van der Waals surface area contributed by atoms with Crippen LogP contribution in [0.1, 0.15) is 5.56 Å². The van der Waals surface area contributed by atoms with Gasteiger partial charge in [-0.1, -0.05) is 41.4 Å². The Kier molecular flexibility index (Phi) is 4.33. The van der Waals surface area contributed by atoms with Gasteiger partial charge in [-0.15, -0.1) is 0 Å². The SMILES string of the molecule is O=C1N(CCOc2ccccc2)c2c(Cl)ccc(Cl)c2C12OCCO2. The molecule has 0 bridgehead atoms. The van der Waals surface area contributed by atoms with E-state index in [1.54, 1.807) is 12.1 Å². The van der Waals surface area contributed by atoms with Crippen LogP contribution in [0.2, 0.25) is 10.0 Å². The van der Waals surface area contributed by atoms with Gasteiger partial charge in [-0.2, -0.15) is 0 Å². The summed E-state index contributed by atoms with van der Waals surface area (Å²) in [4.78, 5) is 14.6. The average molecular weight is 380 g/mol. The number of benzene rings is 2. The van der Waals surface area contributed by atoms with Crippen molar-refractivity contribution < 1.29 is 19.0 Å². The third kappa shape index (κ3) is 2.68. The number of anilines is 1. The lowest BCUT2D eigenvalue weighted by atomic mass is 10.1. The van der Waals surface area contributed by atoms with E-state index < -0.39 is 5.79 Å². The van der Waals surface area contributed by atoms with E-state index in [2.05, 4.69) is 0 Å². The third-order valence-corrected chi connectivity index (χ3v) is 4.84. The highest BCUT2D eigenvalue weighted by Gasteiger charge is 2.57. The molecule has 25 heavy (non-hydrogen) atoms. The quantitative estimate of drug-likeness (QED) is 0.813. The van der Waals surface area contributed by atoms with E-state index in [0.717, 1.165) is 5.75 Å². The third-order valence-electron chi connectivity index (χ3n) is 4.22. The van der Waals surface area contributed by atoms with E-state index in [4.69, 9.17) is 37.4 Å². The van der Waals surface area contributed by atoms with E-state index in [9.17, 15) is 4.79 Å². The van der Waals surface area contributed by atoms with E-state index in [-0.39, 0.29) is 5.91 Å². The van der Waals surface area contributed by atoms with Crippen LogP contribution in [0.3, 0.4) is 0 Å². The summed E-state index contributed by atoms with van der Waals surface area (Å²) in [6.45, 7) is 1.24. The first-order valence-corrected chi connectivity index (χ1v) is 8.65. The predicted molar refractivity (Wildman–Crippen MR) is 94.3 cm³/mol. The summed E-state index contributed by atoms with van der Waals surface area (Å²) < 4.78 is 17.0. The van der Waals surface area contributed by atoms with Gasteiger partial charge in [-0.05, 0) is 24.3 Å². The fraction of sp³-hybridized carbons (Fsp3) is 0.278. The van der Waals surface area contributed by atoms with Crippen LogP contribution in [-0.4, -0.2) is 32.3 Å². The zero-order valence-electron chi connectivity index (χ0n) is 13.2. The number of carbonyl (C=O) groups is 1. The van der Waals surface area contributed by atoms with Crippen LogP contribution in [0.5, 0.6) is 5.75 Å². The Labute approximate surface area is 155 Å². The van der Waals surface area contributed by atoms with Crippen LogP contribution in [0, 0.1) is 0 Å². The minimum Gasteiger partial charge on any atom is -0.492 e. The summed E-state index contributed by atoms with van der Waals surface area (Å²) in [5.74, 6) is -1.09. The lowest BCUT2D eigenvalue weighted by Gasteiger charge is -2.22. The van der Waals surface area contributed by atoms with Gasteiger partial charge in [0.05, 0.1) is 41.1 Å². The highest BCUT2D eigenvalue weighted by Crippen LogP contribution is 2.51. The standard InChI is InChI=1S/C18H15Cl2NO4/c19-13-6-7-14(20)16-15(13)18(24-10-11-25-18)17(22)21(16)8-9-23-12-4-2-1-3-5-12/h1-7H,8-11H2. The fourth-order valence-electron chi connectivity index (χ4n) is 3.17. The van der Waals surface area contributed by atoms with Gasteiger partial charge in [0, 0.05) is 0 Å². The summed E-state index contributed by atoms with van der Waals surface area (Å²) in [5.41, 5.74) is 1.00. The number of carbonyl (C=O) groups excluding carboxylic acids is 1. The molecule has 1 saturated heterocycles. The molecule has 1 amide bonds. The van der Waals surface area contributed by atoms with Gasteiger partial charge in [0.25, 0.3) is 11.7 Å². The number of ether oxygens (including phenoxy) is 3. The molecule has 0 N–H and O–H groups in total. The minimum absolute atomic E-state index is 0.300. The summed E-state index contributed by atoms with van der Waals surface area (Å²) in [7, 11) is 0. The molecule has 2 aliphatic rings. The van der Waals surface area contributed by atoms with Gasteiger partial charge >= 0.3 is 0 Å². The smallest absolute Gasteiger partial charge is 0.292 e. The van der Waals surface area contributed by atoms with Crippen LogP contribution >= 0.6 is 23.2 Å². The molecular formula is C18H15Cl2NO4. The van der Waals surface area contributed by atoms with Crippen molar-refractivity contribution in [2.45, 2.75) is 5.79 Å². The second kappa shape index (κ2) is 6.50. The highest BCUT2D eigenvalue weighted by atomic mass is 35.5.